The van der Waals surface area contributed by atoms with Crippen LogP contribution in [0.3, 0.4) is 0 Å². The summed E-state index contributed by atoms with van der Waals surface area (Å²) >= 11 is 0. The molecule has 0 bridgehead atoms. The molecule has 12 heavy (non-hydrogen) atoms. The van der Waals surface area contributed by atoms with Crippen molar-refractivity contribution in [3.8, 4) is 0 Å². The van der Waals surface area contributed by atoms with Crippen molar-refractivity contribution in [1.29, 1.82) is 0 Å². The van der Waals surface area contributed by atoms with E-state index in [2.05, 4.69) is 0 Å². The van der Waals surface area contributed by atoms with Crippen LogP contribution in [0.5, 0.6) is 0 Å². The average Bonchev–Trinajstić information content (AvgIpc) is 2.53. The van der Waals surface area contributed by atoms with Gasteiger partial charge in [0, 0.05) is 6.04 Å². The van der Waals surface area contributed by atoms with Crippen LogP contribution in [0.2, 0.25) is 0 Å². The smallest absolute Gasteiger partial charge is 0.307 e. The van der Waals surface area contributed by atoms with Crippen LogP contribution in [0.25, 0.3) is 0 Å². The molecule has 0 aliphatic heterocycles. The van der Waals surface area contributed by atoms with E-state index in [9.17, 15) is 4.79 Å². The van der Waals surface area contributed by atoms with Crippen molar-refractivity contribution in [2.24, 2.45) is 17.6 Å². The molecule has 0 aromatic rings. The van der Waals surface area contributed by atoms with E-state index in [4.69, 9.17) is 10.8 Å². The minimum absolute atomic E-state index is 0.148. The number of nitrogens with two attached hydrogens (primary N) is 1. The van der Waals surface area contributed by atoms with Crippen molar-refractivity contribution in [3.05, 3.63) is 0 Å². The van der Waals surface area contributed by atoms with Gasteiger partial charge in [-0.15, -0.1) is 0 Å². The van der Waals surface area contributed by atoms with Gasteiger partial charge in [0.25, 0.3) is 0 Å². The molecule has 0 saturated heterocycles. The highest BCUT2D eigenvalue weighted by Crippen LogP contribution is 2.29. The Hall–Kier alpha value is -0.570. The number of hydrogen-bond donors (Lipinski definition) is 2. The van der Waals surface area contributed by atoms with E-state index in [1.54, 1.807) is 6.92 Å². The molecule has 1 aliphatic rings. The van der Waals surface area contributed by atoms with Crippen LogP contribution >= 0.6 is 0 Å². The van der Waals surface area contributed by atoms with Gasteiger partial charge in [-0.05, 0) is 18.8 Å². The maximum Gasteiger partial charge on any atom is 0.307 e. The number of carbonyl (C=O) groups is 1. The van der Waals surface area contributed by atoms with E-state index in [-0.39, 0.29) is 6.04 Å². The first kappa shape index (κ1) is 9.52. The molecular weight excluding hydrogens is 154 g/mol. The maximum absolute atomic E-state index is 10.6. The minimum atomic E-state index is -0.769. The molecule has 1 aliphatic carbocycles. The Morgan fingerprint density at radius 2 is 2.00 bits per heavy atom. The fourth-order valence-electron chi connectivity index (χ4n) is 1.92. The van der Waals surface area contributed by atoms with Crippen molar-refractivity contribution in [1.82, 2.24) is 0 Å². The Kier molecular flexibility index (Phi) is 3.09. The van der Waals surface area contributed by atoms with Gasteiger partial charge in [-0.1, -0.05) is 19.8 Å². The molecule has 0 aromatic carbocycles. The maximum atomic E-state index is 10.6. The molecule has 3 N–H and O–H groups in total. The molecule has 70 valence electrons. The van der Waals surface area contributed by atoms with E-state index in [0.29, 0.717) is 5.92 Å². The zero-order valence-corrected chi connectivity index (χ0v) is 7.49. The summed E-state index contributed by atoms with van der Waals surface area (Å²) < 4.78 is 0. The molecule has 2 atom stereocenters. The van der Waals surface area contributed by atoms with Gasteiger partial charge >= 0.3 is 5.97 Å². The van der Waals surface area contributed by atoms with Crippen LogP contribution < -0.4 is 5.73 Å². The van der Waals surface area contributed by atoms with Crippen LogP contribution in [0, 0.1) is 11.8 Å². The zero-order chi connectivity index (χ0) is 9.14. The Bertz CT molecular complexity index is 164. The monoisotopic (exact) mass is 171 g/mol. The largest absolute Gasteiger partial charge is 0.481 e. The van der Waals surface area contributed by atoms with Gasteiger partial charge in [-0.3, -0.25) is 4.79 Å². The number of aliphatic carboxylic acids is 1. The summed E-state index contributed by atoms with van der Waals surface area (Å²) in [4.78, 5) is 10.6. The second-order valence-corrected chi connectivity index (χ2v) is 3.75. The number of hydrogen-bond acceptors (Lipinski definition) is 2. The Morgan fingerprint density at radius 1 is 1.50 bits per heavy atom. The lowest BCUT2D eigenvalue weighted by molar-refractivity contribution is -0.142. The molecule has 3 heteroatoms. The Morgan fingerprint density at radius 3 is 2.42 bits per heavy atom. The van der Waals surface area contributed by atoms with Gasteiger partial charge in [-0.2, -0.15) is 0 Å². The number of rotatable bonds is 3. The lowest BCUT2D eigenvalue weighted by Gasteiger charge is -2.22. The first-order chi connectivity index (χ1) is 5.63. The van der Waals surface area contributed by atoms with Gasteiger partial charge in [-0.25, -0.2) is 0 Å². The quantitative estimate of drug-likeness (QED) is 0.671. The highest BCUT2D eigenvalue weighted by molar-refractivity contribution is 5.70. The summed E-state index contributed by atoms with van der Waals surface area (Å²) in [5.74, 6) is -0.724. The number of carboxylic acids is 1. The van der Waals surface area contributed by atoms with Gasteiger partial charge in [0.1, 0.15) is 0 Å². The van der Waals surface area contributed by atoms with Crippen molar-refractivity contribution < 1.29 is 9.90 Å². The fourth-order valence-corrected chi connectivity index (χ4v) is 1.92. The van der Waals surface area contributed by atoms with Crippen LogP contribution in [0.4, 0.5) is 0 Å². The second kappa shape index (κ2) is 3.90. The van der Waals surface area contributed by atoms with Crippen molar-refractivity contribution in [2.75, 3.05) is 0 Å². The topological polar surface area (TPSA) is 63.3 Å². The van der Waals surface area contributed by atoms with Gasteiger partial charge in [0.05, 0.1) is 5.92 Å². The highest BCUT2D eigenvalue weighted by atomic mass is 16.4. The molecule has 0 radical (unpaired) electrons. The molecule has 0 unspecified atom stereocenters. The third kappa shape index (κ3) is 1.97. The predicted octanol–water partition coefficient (Wildman–Crippen LogP) is 1.22. The summed E-state index contributed by atoms with van der Waals surface area (Å²) in [6, 6.07) is -0.148. The molecular formula is C9H17NO2. The fraction of sp³-hybridized carbons (Fsp3) is 0.889. The summed E-state index contributed by atoms with van der Waals surface area (Å²) in [7, 11) is 0. The molecule has 1 saturated carbocycles. The standard InChI is InChI=1S/C9H17NO2/c1-6(9(11)12)8(10)7-4-2-3-5-7/h6-8H,2-5,10H2,1H3,(H,11,12)/t6-,8-/m0/s1. The first-order valence-corrected chi connectivity index (χ1v) is 4.61. The van der Waals surface area contributed by atoms with Crippen LogP contribution in [-0.2, 0) is 4.79 Å². The van der Waals surface area contributed by atoms with Crippen molar-refractivity contribution in [2.45, 2.75) is 38.6 Å². The molecule has 0 aromatic heterocycles. The minimum Gasteiger partial charge on any atom is -0.481 e. The van der Waals surface area contributed by atoms with E-state index in [1.165, 1.54) is 12.8 Å². The summed E-state index contributed by atoms with van der Waals surface area (Å²) in [6.07, 6.45) is 4.65. The molecule has 0 heterocycles. The molecule has 1 fully saturated rings. The molecule has 1 rings (SSSR count). The average molecular weight is 171 g/mol. The predicted molar refractivity (Wildman–Crippen MR) is 46.7 cm³/mol. The Labute approximate surface area is 72.9 Å². The van der Waals surface area contributed by atoms with Crippen LogP contribution in [0.15, 0.2) is 0 Å². The summed E-state index contributed by atoms with van der Waals surface area (Å²) in [5, 5.41) is 8.73. The molecule has 0 amide bonds. The van der Waals surface area contributed by atoms with Gasteiger partial charge < -0.3 is 10.8 Å². The van der Waals surface area contributed by atoms with Crippen molar-refractivity contribution >= 4 is 5.97 Å². The normalized spacial score (nSPS) is 23.8. The highest BCUT2D eigenvalue weighted by Gasteiger charge is 2.29. The molecule has 3 nitrogen and oxygen atoms in total. The second-order valence-electron chi connectivity index (χ2n) is 3.75. The molecule has 0 spiro atoms. The lowest BCUT2D eigenvalue weighted by atomic mass is 9.89. The Balaban J connectivity index is 2.44. The van der Waals surface area contributed by atoms with E-state index < -0.39 is 11.9 Å². The summed E-state index contributed by atoms with van der Waals surface area (Å²) in [5.41, 5.74) is 5.84. The van der Waals surface area contributed by atoms with E-state index >= 15 is 0 Å². The third-order valence-electron chi connectivity index (χ3n) is 2.91. The van der Waals surface area contributed by atoms with E-state index in [1.807, 2.05) is 0 Å². The lowest BCUT2D eigenvalue weighted by Crippen LogP contribution is -2.38. The van der Waals surface area contributed by atoms with Crippen LogP contribution in [0.1, 0.15) is 32.6 Å². The first-order valence-electron chi connectivity index (χ1n) is 4.61. The van der Waals surface area contributed by atoms with E-state index in [0.717, 1.165) is 12.8 Å². The zero-order valence-electron chi connectivity index (χ0n) is 7.49. The number of carboxylic acid groups (broad SMARTS) is 1. The van der Waals surface area contributed by atoms with Gasteiger partial charge in [0.2, 0.25) is 0 Å². The van der Waals surface area contributed by atoms with Gasteiger partial charge in [0.15, 0.2) is 0 Å². The third-order valence-corrected chi connectivity index (χ3v) is 2.91. The summed E-state index contributed by atoms with van der Waals surface area (Å²) in [6.45, 7) is 1.70. The van der Waals surface area contributed by atoms with Crippen molar-refractivity contribution in [3.63, 3.8) is 0 Å². The SMILES string of the molecule is C[C@H](C(=O)O)[C@H](N)C1CCCC1. The van der Waals surface area contributed by atoms with Crippen LogP contribution in [-0.4, -0.2) is 17.1 Å².